The van der Waals surface area contributed by atoms with Gasteiger partial charge in [0.15, 0.2) is 0 Å². The van der Waals surface area contributed by atoms with Crippen molar-refractivity contribution >= 4 is 37.5 Å². The van der Waals surface area contributed by atoms with Crippen molar-refractivity contribution in [2.24, 2.45) is 0 Å². The number of hydrogen-bond acceptors (Lipinski definition) is 8. The lowest BCUT2D eigenvalue weighted by molar-refractivity contribution is -0.0440. The fourth-order valence-corrected chi connectivity index (χ4v) is 7.26. The zero-order chi connectivity index (χ0) is 26.2. The van der Waals surface area contributed by atoms with E-state index in [1.807, 2.05) is 32.0 Å². The standard InChI is InChI=1S/C26H31N3O6S2/c1-17-15-29(16-18(2)34-17)37(31,32)22-7-4-19(5-8-22)25(30)28-12-10-20(11-13-28)35-26-27-23-14-21(33-3)6-9-24(23)36-26/h4-9,14,17-18,20H,10-13,15-16H2,1-3H3. The molecule has 5 rings (SSSR count). The molecule has 2 aromatic carbocycles. The zero-order valence-corrected chi connectivity index (χ0v) is 22.8. The van der Waals surface area contributed by atoms with Crippen LogP contribution in [-0.2, 0) is 14.8 Å². The molecule has 1 amide bonds. The highest BCUT2D eigenvalue weighted by Crippen LogP contribution is 2.32. The lowest BCUT2D eigenvalue weighted by atomic mass is 10.1. The molecule has 198 valence electrons. The van der Waals surface area contributed by atoms with E-state index in [1.165, 1.54) is 27.8 Å². The van der Waals surface area contributed by atoms with Crippen LogP contribution in [0, 0.1) is 0 Å². The third-order valence-electron chi connectivity index (χ3n) is 6.70. The fourth-order valence-electron chi connectivity index (χ4n) is 4.81. The number of rotatable bonds is 6. The first-order chi connectivity index (χ1) is 17.7. The number of nitrogens with zero attached hydrogens (tertiary/aromatic N) is 3. The van der Waals surface area contributed by atoms with Crippen LogP contribution in [0.2, 0.25) is 0 Å². The van der Waals surface area contributed by atoms with Gasteiger partial charge in [0.1, 0.15) is 11.9 Å². The molecule has 2 fully saturated rings. The van der Waals surface area contributed by atoms with E-state index in [9.17, 15) is 13.2 Å². The van der Waals surface area contributed by atoms with E-state index in [2.05, 4.69) is 4.98 Å². The predicted molar refractivity (Wildman–Crippen MR) is 141 cm³/mol. The summed E-state index contributed by atoms with van der Waals surface area (Å²) in [6.07, 6.45) is 1.06. The van der Waals surface area contributed by atoms with Crippen molar-refractivity contribution in [3.05, 3.63) is 48.0 Å². The van der Waals surface area contributed by atoms with Gasteiger partial charge >= 0.3 is 0 Å². The summed E-state index contributed by atoms with van der Waals surface area (Å²) in [6.45, 7) is 5.48. The first-order valence-corrected chi connectivity index (χ1v) is 14.6. The van der Waals surface area contributed by atoms with Crippen LogP contribution in [0.1, 0.15) is 37.0 Å². The van der Waals surface area contributed by atoms with E-state index in [0.717, 1.165) is 16.0 Å². The van der Waals surface area contributed by atoms with Crippen LogP contribution < -0.4 is 9.47 Å². The number of amides is 1. The van der Waals surface area contributed by atoms with Crippen molar-refractivity contribution in [1.29, 1.82) is 0 Å². The molecule has 2 unspecified atom stereocenters. The lowest BCUT2D eigenvalue weighted by Gasteiger charge is -2.34. The van der Waals surface area contributed by atoms with Crippen molar-refractivity contribution in [3.63, 3.8) is 0 Å². The molecule has 2 saturated heterocycles. The Morgan fingerprint density at radius 2 is 1.73 bits per heavy atom. The Hall–Kier alpha value is -2.73. The van der Waals surface area contributed by atoms with Crippen molar-refractivity contribution in [1.82, 2.24) is 14.2 Å². The Morgan fingerprint density at radius 3 is 2.38 bits per heavy atom. The summed E-state index contributed by atoms with van der Waals surface area (Å²) < 4.78 is 45.7. The number of likely N-dealkylation sites (tertiary alicyclic amines) is 1. The van der Waals surface area contributed by atoms with Crippen molar-refractivity contribution in [2.45, 2.75) is 49.9 Å². The number of benzene rings is 2. The van der Waals surface area contributed by atoms with Gasteiger partial charge in [-0.25, -0.2) is 13.4 Å². The number of ether oxygens (including phenoxy) is 3. The number of fused-ring (bicyclic) bond motifs is 1. The smallest absolute Gasteiger partial charge is 0.274 e. The van der Waals surface area contributed by atoms with Gasteiger partial charge in [-0.3, -0.25) is 4.79 Å². The molecule has 2 atom stereocenters. The summed E-state index contributed by atoms with van der Waals surface area (Å²) in [4.78, 5) is 19.6. The quantitative estimate of drug-likeness (QED) is 0.465. The third kappa shape index (κ3) is 5.59. The maximum Gasteiger partial charge on any atom is 0.274 e. The molecule has 0 radical (unpaired) electrons. The minimum absolute atomic E-state index is 0.0164. The number of sulfonamides is 1. The maximum absolute atomic E-state index is 13.1. The monoisotopic (exact) mass is 545 g/mol. The molecule has 1 aromatic heterocycles. The lowest BCUT2D eigenvalue weighted by Crippen LogP contribution is -2.48. The number of aromatic nitrogens is 1. The van der Waals surface area contributed by atoms with Gasteiger partial charge in [0.05, 0.1) is 34.4 Å². The SMILES string of the molecule is COc1ccc2sc(OC3CCN(C(=O)c4ccc(S(=O)(=O)N5CC(C)OC(C)C5)cc4)CC3)nc2c1. The van der Waals surface area contributed by atoms with Crippen molar-refractivity contribution < 1.29 is 27.4 Å². The fraction of sp³-hybridized carbons (Fsp3) is 0.462. The van der Waals surface area contributed by atoms with E-state index in [1.54, 1.807) is 24.1 Å². The highest BCUT2D eigenvalue weighted by Gasteiger charge is 2.32. The molecule has 2 aliphatic rings. The number of methoxy groups -OCH3 is 1. The molecule has 0 saturated carbocycles. The normalized spacial score (nSPS) is 21.8. The van der Waals surface area contributed by atoms with Gasteiger partial charge in [0, 0.05) is 50.7 Å². The molecule has 0 bridgehead atoms. The molecular formula is C26H31N3O6S2. The van der Waals surface area contributed by atoms with Crippen LogP contribution in [0.4, 0.5) is 0 Å². The largest absolute Gasteiger partial charge is 0.497 e. The van der Waals surface area contributed by atoms with Crippen molar-refractivity contribution in [2.75, 3.05) is 33.3 Å². The van der Waals surface area contributed by atoms with E-state index >= 15 is 0 Å². The molecule has 0 spiro atoms. The Bertz CT molecular complexity index is 1360. The van der Waals surface area contributed by atoms with Gasteiger partial charge in [0.25, 0.3) is 11.1 Å². The molecular weight excluding hydrogens is 514 g/mol. The summed E-state index contributed by atoms with van der Waals surface area (Å²) in [6, 6.07) is 12.0. The van der Waals surface area contributed by atoms with E-state index < -0.39 is 10.0 Å². The second-order valence-corrected chi connectivity index (χ2v) is 12.5. The number of piperidine rings is 1. The first kappa shape index (κ1) is 25.9. The van der Waals surface area contributed by atoms with Crippen LogP contribution in [-0.4, -0.2) is 80.1 Å². The maximum atomic E-state index is 13.1. The molecule has 0 N–H and O–H groups in total. The number of thiazole rings is 1. The summed E-state index contributed by atoms with van der Waals surface area (Å²) >= 11 is 1.50. The third-order valence-corrected chi connectivity index (χ3v) is 9.47. The number of carbonyl (C=O) groups excluding carboxylic acids is 1. The van der Waals surface area contributed by atoms with E-state index in [4.69, 9.17) is 14.2 Å². The number of morpholine rings is 1. The topological polar surface area (TPSA) is 98.3 Å². The van der Waals surface area contributed by atoms with Gasteiger partial charge < -0.3 is 19.1 Å². The second kappa shape index (κ2) is 10.6. The Labute approximate surface area is 221 Å². The first-order valence-electron chi connectivity index (χ1n) is 12.4. The summed E-state index contributed by atoms with van der Waals surface area (Å²) in [5.41, 5.74) is 1.32. The average Bonchev–Trinajstić information content (AvgIpc) is 3.29. The molecule has 3 heterocycles. The Kier molecular flexibility index (Phi) is 7.39. The highest BCUT2D eigenvalue weighted by atomic mass is 32.2. The van der Waals surface area contributed by atoms with Crippen LogP contribution in [0.25, 0.3) is 10.2 Å². The zero-order valence-electron chi connectivity index (χ0n) is 21.1. The van der Waals surface area contributed by atoms with Crippen LogP contribution in [0.5, 0.6) is 10.9 Å². The summed E-state index contributed by atoms with van der Waals surface area (Å²) in [5, 5.41) is 0.619. The molecule has 9 nitrogen and oxygen atoms in total. The van der Waals surface area contributed by atoms with E-state index in [-0.39, 0.29) is 29.1 Å². The van der Waals surface area contributed by atoms with Gasteiger partial charge in [-0.2, -0.15) is 4.31 Å². The van der Waals surface area contributed by atoms with Gasteiger partial charge in [-0.1, -0.05) is 11.3 Å². The van der Waals surface area contributed by atoms with Crippen molar-refractivity contribution in [3.8, 4) is 10.9 Å². The minimum Gasteiger partial charge on any atom is -0.497 e. The molecule has 3 aromatic rings. The number of carbonyl (C=O) groups is 1. The second-order valence-electron chi connectivity index (χ2n) is 9.53. The molecule has 2 aliphatic heterocycles. The Balaban J connectivity index is 1.18. The van der Waals surface area contributed by atoms with Crippen LogP contribution in [0.15, 0.2) is 47.4 Å². The van der Waals surface area contributed by atoms with Crippen LogP contribution in [0.3, 0.4) is 0 Å². The molecule has 37 heavy (non-hydrogen) atoms. The average molecular weight is 546 g/mol. The summed E-state index contributed by atoms with van der Waals surface area (Å²) in [7, 11) is -2.02. The molecule has 0 aliphatic carbocycles. The van der Waals surface area contributed by atoms with E-state index in [0.29, 0.717) is 49.8 Å². The highest BCUT2D eigenvalue weighted by molar-refractivity contribution is 7.89. The van der Waals surface area contributed by atoms with Gasteiger partial charge in [-0.15, -0.1) is 0 Å². The van der Waals surface area contributed by atoms with Crippen LogP contribution >= 0.6 is 11.3 Å². The Morgan fingerprint density at radius 1 is 1.05 bits per heavy atom. The summed E-state index contributed by atoms with van der Waals surface area (Å²) in [5.74, 6) is 0.648. The number of hydrogen-bond donors (Lipinski definition) is 0. The van der Waals surface area contributed by atoms with Gasteiger partial charge in [-0.05, 0) is 50.2 Å². The van der Waals surface area contributed by atoms with Gasteiger partial charge in [0.2, 0.25) is 10.0 Å². The predicted octanol–water partition coefficient (Wildman–Crippen LogP) is 3.79. The molecule has 11 heteroatoms. The minimum atomic E-state index is -3.65.